The number of fused-ring (bicyclic) bond motifs is 1. The van der Waals surface area contributed by atoms with Crippen LogP contribution in [0.3, 0.4) is 0 Å². The summed E-state index contributed by atoms with van der Waals surface area (Å²) in [6, 6.07) is 20.5. The van der Waals surface area contributed by atoms with Crippen LogP contribution in [0, 0.1) is 0 Å². The van der Waals surface area contributed by atoms with Gasteiger partial charge in [0.2, 0.25) is 5.91 Å². The molecule has 3 aromatic rings. The molecule has 4 nitrogen and oxygen atoms in total. The average molecular weight is 345 g/mol. The first-order valence-electron chi connectivity index (χ1n) is 9.09. The maximum absolute atomic E-state index is 12.3. The maximum atomic E-state index is 12.3. The van der Waals surface area contributed by atoms with Crippen LogP contribution in [-0.2, 0) is 16.8 Å². The topological polar surface area (TPSA) is 59.2 Å². The molecule has 4 rings (SSSR count). The number of rotatable bonds is 4. The van der Waals surface area contributed by atoms with Gasteiger partial charge in [0, 0.05) is 18.1 Å². The standard InChI is InChI=1S/C22H23N3O/c23-21(26)22(19-6-2-1-3-7-19)10-13-25(14-11-22)16-17-8-9-20-18(15-17)5-4-12-24-20/h1-9,12,15H,10-11,13-14,16H2,(H2,23,26). The molecule has 2 N–H and O–H groups in total. The second-order valence-electron chi connectivity index (χ2n) is 7.12. The van der Waals surface area contributed by atoms with E-state index in [1.54, 1.807) is 0 Å². The molecule has 0 saturated carbocycles. The summed E-state index contributed by atoms with van der Waals surface area (Å²) in [5.41, 5.74) is 8.63. The van der Waals surface area contributed by atoms with Crippen LogP contribution in [-0.4, -0.2) is 28.9 Å². The minimum Gasteiger partial charge on any atom is -0.369 e. The maximum Gasteiger partial charge on any atom is 0.228 e. The van der Waals surface area contributed by atoms with Crippen LogP contribution in [0.1, 0.15) is 24.0 Å². The Morgan fingerprint density at radius 3 is 2.54 bits per heavy atom. The Labute approximate surface area is 153 Å². The van der Waals surface area contributed by atoms with Crippen LogP contribution in [0.5, 0.6) is 0 Å². The number of hydrogen-bond acceptors (Lipinski definition) is 3. The SMILES string of the molecule is NC(=O)C1(c2ccccc2)CCN(Cc2ccc3ncccc3c2)CC1. The number of nitrogens with zero attached hydrogens (tertiary/aromatic N) is 2. The van der Waals surface area contributed by atoms with E-state index in [9.17, 15) is 4.79 Å². The minimum atomic E-state index is -0.537. The van der Waals surface area contributed by atoms with E-state index >= 15 is 0 Å². The van der Waals surface area contributed by atoms with Crippen LogP contribution in [0.15, 0.2) is 66.9 Å². The van der Waals surface area contributed by atoms with Crippen LogP contribution in [0.2, 0.25) is 0 Å². The lowest BCUT2D eigenvalue weighted by Gasteiger charge is -2.40. The Morgan fingerprint density at radius 2 is 1.81 bits per heavy atom. The highest BCUT2D eigenvalue weighted by Crippen LogP contribution is 2.35. The second-order valence-corrected chi connectivity index (χ2v) is 7.12. The normalized spacial score (nSPS) is 17.2. The number of nitrogens with two attached hydrogens (primary N) is 1. The quantitative estimate of drug-likeness (QED) is 0.789. The number of amides is 1. The predicted molar refractivity (Wildman–Crippen MR) is 104 cm³/mol. The van der Waals surface area contributed by atoms with Crippen LogP contribution in [0.4, 0.5) is 0 Å². The summed E-state index contributed by atoms with van der Waals surface area (Å²) in [5, 5.41) is 1.16. The number of piperidine rings is 1. The number of primary amides is 1. The molecular formula is C22H23N3O. The molecule has 2 heterocycles. The molecule has 132 valence electrons. The lowest BCUT2D eigenvalue weighted by atomic mass is 9.72. The van der Waals surface area contributed by atoms with Crippen molar-refractivity contribution in [1.82, 2.24) is 9.88 Å². The lowest BCUT2D eigenvalue weighted by molar-refractivity contribution is -0.125. The van der Waals surface area contributed by atoms with Gasteiger partial charge in [0.25, 0.3) is 0 Å². The molecular weight excluding hydrogens is 322 g/mol. The minimum absolute atomic E-state index is 0.208. The highest BCUT2D eigenvalue weighted by Gasteiger charge is 2.41. The Kier molecular flexibility index (Phi) is 4.43. The summed E-state index contributed by atoms with van der Waals surface area (Å²) in [6.07, 6.45) is 3.35. The van der Waals surface area contributed by atoms with Crippen molar-refractivity contribution < 1.29 is 4.79 Å². The molecule has 0 spiro atoms. The number of aromatic nitrogens is 1. The van der Waals surface area contributed by atoms with Gasteiger partial charge in [-0.25, -0.2) is 0 Å². The van der Waals surface area contributed by atoms with Crippen molar-refractivity contribution in [2.24, 2.45) is 5.73 Å². The Morgan fingerprint density at radius 1 is 1.04 bits per heavy atom. The molecule has 1 fully saturated rings. The molecule has 4 heteroatoms. The first-order chi connectivity index (χ1) is 12.7. The van der Waals surface area contributed by atoms with Crippen LogP contribution < -0.4 is 5.73 Å². The van der Waals surface area contributed by atoms with Gasteiger partial charge in [0.1, 0.15) is 0 Å². The van der Waals surface area contributed by atoms with Gasteiger partial charge in [0.05, 0.1) is 10.9 Å². The Balaban J connectivity index is 1.49. The van der Waals surface area contributed by atoms with Gasteiger partial charge in [0.15, 0.2) is 0 Å². The highest BCUT2D eigenvalue weighted by molar-refractivity contribution is 5.87. The van der Waals surface area contributed by atoms with Crippen LogP contribution >= 0.6 is 0 Å². The van der Waals surface area contributed by atoms with E-state index in [4.69, 9.17) is 5.73 Å². The van der Waals surface area contributed by atoms with Gasteiger partial charge in [-0.1, -0.05) is 42.5 Å². The van der Waals surface area contributed by atoms with Gasteiger partial charge < -0.3 is 5.73 Å². The number of likely N-dealkylation sites (tertiary alicyclic amines) is 1. The van der Waals surface area contributed by atoms with Gasteiger partial charge >= 0.3 is 0 Å². The van der Waals surface area contributed by atoms with E-state index in [2.05, 4.69) is 34.1 Å². The summed E-state index contributed by atoms with van der Waals surface area (Å²) in [4.78, 5) is 19.1. The number of benzene rings is 2. The van der Waals surface area contributed by atoms with Crippen molar-refractivity contribution in [3.05, 3.63) is 78.0 Å². The molecule has 2 aromatic carbocycles. The monoisotopic (exact) mass is 345 g/mol. The number of hydrogen-bond donors (Lipinski definition) is 1. The zero-order chi connectivity index (χ0) is 18.0. The third-order valence-electron chi connectivity index (χ3n) is 5.58. The molecule has 26 heavy (non-hydrogen) atoms. The fourth-order valence-corrected chi connectivity index (χ4v) is 4.01. The van der Waals surface area contributed by atoms with Crippen molar-refractivity contribution in [3.8, 4) is 0 Å². The zero-order valence-corrected chi connectivity index (χ0v) is 14.8. The van der Waals surface area contributed by atoms with E-state index in [1.165, 1.54) is 5.56 Å². The van der Waals surface area contributed by atoms with E-state index in [-0.39, 0.29) is 5.91 Å². The summed E-state index contributed by atoms with van der Waals surface area (Å²) >= 11 is 0. The van der Waals surface area contributed by atoms with E-state index in [0.717, 1.165) is 48.9 Å². The van der Waals surface area contributed by atoms with E-state index < -0.39 is 5.41 Å². The first-order valence-corrected chi connectivity index (χ1v) is 9.09. The lowest BCUT2D eigenvalue weighted by Crippen LogP contribution is -2.49. The molecule has 1 saturated heterocycles. The molecule has 0 atom stereocenters. The summed E-state index contributed by atoms with van der Waals surface area (Å²) in [7, 11) is 0. The number of pyridine rings is 1. The second kappa shape index (κ2) is 6.89. The third-order valence-corrected chi connectivity index (χ3v) is 5.58. The molecule has 1 amide bonds. The highest BCUT2D eigenvalue weighted by atomic mass is 16.1. The fraction of sp³-hybridized carbons (Fsp3) is 0.273. The molecule has 0 unspecified atom stereocenters. The molecule has 1 aromatic heterocycles. The Hall–Kier alpha value is -2.72. The fourth-order valence-electron chi connectivity index (χ4n) is 4.01. The van der Waals surface area contributed by atoms with Crippen LogP contribution in [0.25, 0.3) is 10.9 Å². The summed E-state index contributed by atoms with van der Waals surface area (Å²) < 4.78 is 0. The molecule has 1 aliphatic rings. The largest absolute Gasteiger partial charge is 0.369 e. The van der Waals surface area contributed by atoms with Crippen molar-refractivity contribution in [3.63, 3.8) is 0 Å². The van der Waals surface area contributed by atoms with E-state index in [1.807, 2.05) is 42.6 Å². The summed E-state index contributed by atoms with van der Waals surface area (Å²) in [6.45, 7) is 2.61. The van der Waals surface area contributed by atoms with Gasteiger partial charge in [-0.2, -0.15) is 0 Å². The van der Waals surface area contributed by atoms with E-state index in [0.29, 0.717) is 0 Å². The first kappa shape index (κ1) is 16.7. The van der Waals surface area contributed by atoms with Crippen molar-refractivity contribution in [2.75, 3.05) is 13.1 Å². The Bertz CT molecular complexity index is 915. The smallest absolute Gasteiger partial charge is 0.228 e. The predicted octanol–water partition coefficient (Wildman–Crippen LogP) is 3.25. The van der Waals surface area contributed by atoms with Crippen molar-refractivity contribution in [1.29, 1.82) is 0 Å². The van der Waals surface area contributed by atoms with Crippen molar-refractivity contribution in [2.45, 2.75) is 24.8 Å². The molecule has 0 bridgehead atoms. The molecule has 1 aliphatic heterocycles. The van der Waals surface area contributed by atoms with Gasteiger partial charge in [-0.15, -0.1) is 0 Å². The molecule has 0 radical (unpaired) electrons. The third kappa shape index (κ3) is 3.08. The average Bonchev–Trinajstić information content (AvgIpc) is 2.69. The number of carbonyl (C=O) groups excluding carboxylic acids is 1. The zero-order valence-electron chi connectivity index (χ0n) is 14.8. The van der Waals surface area contributed by atoms with Crippen molar-refractivity contribution >= 4 is 16.8 Å². The molecule has 0 aliphatic carbocycles. The van der Waals surface area contributed by atoms with Gasteiger partial charge in [-0.05, 0) is 55.3 Å². The summed E-state index contributed by atoms with van der Waals surface area (Å²) in [5.74, 6) is -0.208. The number of carbonyl (C=O) groups is 1. The van der Waals surface area contributed by atoms with Gasteiger partial charge in [-0.3, -0.25) is 14.7 Å².